The number of thioether (sulfide) groups is 1. The molecule has 0 saturated carbocycles. The molecule has 2 atom stereocenters. The topological polar surface area (TPSA) is 95.0 Å². The molecule has 1 N–H and O–H groups in total. The van der Waals surface area contributed by atoms with Crippen LogP contribution in [0.4, 0.5) is 4.79 Å². The van der Waals surface area contributed by atoms with Crippen molar-refractivity contribution in [1.82, 2.24) is 9.80 Å². The number of hydrogen-bond donors (Lipinski definition) is 1. The van der Waals surface area contributed by atoms with Crippen molar-refractivity contribution in [1.29, 1.82) is 0 Å². The van der Waals surface area contributed by atoms with E-state index in [2.05, 4.69) is 0 Å². The van der Waals surface area contributed by atoms with Gasteiger partial charge >= 0.3 is 12.0 Å². The molecule has 0 aliphatic carbocycles. The van der Waals surface area contributed by atoms with Gasteiger partial charge in [0.1, 0.15) is 6.04 Å². The van der Waals surface area contributed by atoms with Gasteiger partial charge in [-0.15, -0.1) is 11.8 Å². The zero-order valence-electron chi connectivity index (χ0n) is 11.2. The molecule has 2 saturated heterocycles. The van der Waals surface area contributed by atoms with E-state index in [1.54, 1.807) is 0 Å². The summed E-state index contributed by atoms with van der Waals surface area (Å²) in [7, 11) is -3.06. The van der Waals surface area contributed by atoms with Gasteiger partial charge in [-0.3, -0.25) is 4.90 Å². The molecule has 2 aliphatic heterocycles. The third-order valence-electron chi connectivity index (χ3n) is 3.56. The van der Waals surface area contributed by atoms with Crippen LogP contribution in [-0.2, 0) is 14.6 Å². The van der Waals surface area contributed by atoms with Crippen LogP contribution in [0.3, 0.4) is 0 Å². The molecule has 2 aliphatic rings. The Morgan fingerprint density at radius 3 is 2.40 bits per heavy atom. The SMILES string of the molecule is CCC1SCC(C(=O)O)N1C(=O)N1CCS(=O)(=O)CC1. The van der Waals surface area contributed by atoms with Gasteiger partial charge in [-0.1, -0.05) is 6.92 Å². The van der Waals surface area contributed by atoms with Gasteiger partial charge in [0.15, 0.2) is 9.84 Å². The Labute approximate surface area is 122 Å². The Kier molecular flexibility index (Phi) is 4.48. The van der Waals surface area contributed by atoms with Gasteiger partial charge < -0.3 is 10.0 Å². The van der Waals surface area contributed by atoms with E-state index in [9.17, 15) is 23.1 Å². The van der Waals surface area contributed by atoms with Gasteiger partial charge in [0.2, 0.25) is 0 Å². The smallest absolute Gasteiger partial charge is 0.327 e. The lowest BCUT2D eigenvalue weighted by Crippen LogP contribution is -2.54. The third-order valence-corrected chi connectivity index (χ3v) is 6.63. The predicted molar refractivity (Wildman–Crippen MR) is 75.4 cm³/mol. The van der Waals surface area contributed by atoms with Crippen LogP contribution in [0.2, 0.25) is 0 Å². The normalized spacial score (nSPS) is 29.4. The van der Waals surface area contributed by atoms with Crippen molar-refractivity contribution >= 4 is 33.6 Å². The molecule has 114 valence electrons. The fourth-order valence-corrected chi connectivity index (χ4v) is 4.93. The fourth-order valence-electron chi connectivity index (χ4n) is 2.39. The van der Waals surface area contributed by atoms with Crippen molar-refractivity contribution in [2.75, 3.05) is 30.3 Å². The molecular formula is C11H18N2O5S2. The molecule has 0 bridgehead atoms. The molecule has 0 spiro atoms. The lowest BCUT2D eigenvalue weighted by molar-refractivity contribution is -0.141. The van der Waals surface area contributed by atoms with E-state index in [1.165, 1.54) is 21.6 Å². The average Bonchev–Trinajstić information content (AvgIpc) is 2.81. The molecule has 2 fully saturated rings. The van der Waals surface area contributed by atoms with Gasteiger partial charge in [-0.05, 0) is 6.42 Å². The maximum absolute atomic E-state index is 12.5. The first-order chi connectivity index (χ1) is 9.35. The predicted octanol–water partition coefficient (Wildman–Crippen LogP) is 0.0749. The summed E-state index contributed by atoms with van der Waals surface area (Å²) in [5, 5.41) is 9.05. The van der Waals surface area contributed by atoms with Crippen molar-refractivity contribution < 1.29 is 23.1 Å². The zero-order chi connectivity index (χ0) is 14.9. The highest BCUT2D eigenvalue weighted by Crippen LogP contribution is 2.32. The highest BCUT2D eigenvalue weighted by atomic mass is 32.2. The molecule has 2 unspecified atom stereocenters. The number of carbonyl (C=O) groups is 2. The first-order valence-corrected chi connectivity index (χ1v) is 9.35. The van der Waals surface area contributed by atoms with E-state index in [0.29, 0.717) is 12.2 Å². The summed E-state index contributed by atoms with van der Waals surface area (Å²) in [6.45, 7) is 2.19. The van der Waals surface area contributed by atoms with Crippen LogP contribution in [-0.4, -0.2) is 77.1 Å². The summed E-state index contributed by atoms with van der Waals surface area (Å²) in [6, 6.07) is -1.18. The summed E-state index contributed by atoms with van der Waals surface area (Å²) < 4.78 is 22.8. The molecule has 2 amide bonds. The van der Waals surface area contributed by atoms with Crippen LogP contribution in [0, 0.1) is 0 Å². The number of carboxylic acids is 1. The van der Waals surface area contributed by atoms with Crippen LogP contribution >= 0.6 is 11.8 Å². The average molecular weight is 322 g/mol. The number of sulfone groups is 1. The Balaban J connectivity index is 2.11. The Bertz CT molecular complexity index is 493. The largest absolute Gasteiger partial charge is 0.480 e. The quantitative estimate of drug-likeness (QED) is 0.773. The second-order valence-electron chi connectivity index (χ2n) is 4.88. The van der Waals surface area contributed by atoms with Crippen LogP contribution in [0.5, 0.6) is 0 Å². The molecule has 0 aromatic rings. The van der Waals surface area contributed by atoms with Gasteiger partial charge in [0.05, 0.1) is 16.9 Å². The Morgan fingerprint density at radius 2 is 1.90 bits per heavy atom. The van der Waals surface area contributed by atoms with Crippen LogP contribution in [0.15, 0.2) is 0 Å². The fraction of sp³-hybridized carbons (Fsp3) is 0.818. The maximum Gasteiger partial charge on any atom is 0.327 e. The highest BCUT2D eigenvalue weighted by molar-refractivity contribution is 8.00. The Morgan fingerprint density at radius 1 is 1.30 bits per heavy atom. The molecule has 0 radical (unpaired) electrons. The second-order valence-corrected chi connectivity index (χ2v) is 8.39. The molecule has 0 aromatic heterocycles. The van der Waals surface area contributed by atoms with Gasteiger partial charge in [0, 0.05) is 18.8 Å². The number of urea groups is 1. The first-order valence-electron chi connectivity index (χ1n) is 6.48. The van der Waals surface area contributed by atoms with E-state index in [1.807, 2.05) is 6.92 Å². The Hall–Kier alpha value is -0.960. The second kappa shape index (κ2) is 5.80. The number of hydrogen-bond acceptors (Lipinski definition) is 5. The van der Waals surface area contributed by atoms with Crippen molar-refractivity contribution in [3.63, 3.8) is 0 Å². The molecule has 2 rings (SSSR count). The number of aliphatic carboxylic acids is 1. The van der Waals surface area contributed by atoms with Crippen LogP contribution < -0.4 is 0 Å². The number of carboxylic acid groups (broad SMARTS) is 1. The summed E-state index contributed by atoms with van der Waals surface area (Å²) in [6.07, 6.45) is 0.673. The third kappa shape index (κ3) is 3.03. The van der Waals surface area contributed by atoms with Gasteiger partial charge in [-0.2, -0.15) is 0 Å². The summed E-state index contributed by atoms with van der Waals surface area (Å²) in [5.41, 5.74) is 0. The van der Waals surface area contributed by atoms with E-state index in [4.69, 9.17) is 0 Å². The molecular weight excluding hydrogens is 304 g/mol. The molecule has 0 aromatic carbocycles. The summed E-state index contributed by atoms with van der Waals surface area (Å²) >= 11 is 1.46. The van der Waals surface area contributed by atoms with Crippen molar-refractivity contribution in [2.45, 2.75) is 24.8 Å². The number of rotatable bonds is 2. The molecule has 7 nitrogen and oxygen atoms in total. The maximum atomic E-state index is 12.5. The minimum Gasteiger partial charge on any atom is -0.480 e. The monoisotopic (exact) mass is 322 g/mol. The van der Waals surface area contributed by atoms with Crippen molar-refractivity contribution in [3.8, 4) is 0 Å². The van der Waals surface area contributed by atoms with E-state index in [-0.39, 0.29) is 36.0 Å². The van der Waals surface area contributed by atoms with Gasteiger partial charge in [-0.25, -0.2) is 18.0 Å². The van der Waals surface area contributed by atoms with Crippen LogP contribution in [0.1, 0.15) is 13.3 Å². The van der Waals surface area contributed by atoms with E-state index < -0.39 is 21.8 Å². The highest BCUT2D eigenvalue weighted by Gasteiger charge is 2.43. The standard InChI is InChI=1S/C11H18N2O5S2/c1-2-9-13(8(7-19-9)10(14)15)11(16)12-3-5-20(17,18)6-4-12/h8-9H,2-7H2,1H3,(H,14,15). The van der Waals surface area contributed by atoms with Crippen molar-refractivity contribution in [2.24, 2.45) is 0 Å². The summed E-state index contributed by atoms with van der Waals surface area (Å²) in [5.74, 6) is -0.722. The zero-order valence-corrected chi connectivity index (χ0v) is 12.8. The summed E-state index contributed by atoms with van der Waals surface area (Å²) in [4.78, 5) is 26.6. The van der Waals surface area contributed by atoms with Crippen LogP contribution in [0.25, 0.3) is 0 Å². The van der Waals surface area contributed by atoms with Crippen molar-refractivity contribution in [3.05, 3.63) is 0 Å². The number of nitrogens with zero attached hydrogens (tertiary/aromatic N) is 2. The lowest BCUT2D eigenvalue weighted by Gasteiger charge is -2.34. The minimum atomic E-state index is -3.06. The minimum absolute atomic E-state index is 0.0474. The molecule has 9 heteroatoms. The lowest BCUT2D eigenvalue weighted by atomic mass is 10.2. The van der Waals surface area contributed by atoms with Gasteiger partial charge in [0.25, 0.3) is 0 Å². The first kappa shape index (κ1) is 15.4. The number of carbonyl (C=O) groups excluding carboxylic acids is 1. The van der Waals surface area contributed by atoms with E-state index in [0.717, 1.165) is 0 Å². The molecule has 2 heterocycles. The molecule has 20 heavy (non-hydrogen) atoms. The number of amides is 2. The van der Waals surface area contributed by atoms with E-state index >= 15 is 0 Å².